The van der Waals surface area contributed by atoms with Crippen LogP contribution >= 0.6 is 23.3 Å². The monoisotopic (exact) mass is 512 g/mol. The number of piperazine rings is 1. The number of rotatable bonds is 6. The highest BCUT2D eigenvalue weighted by Gasteiger charge is 2.56. The van der Waals surface area contributed by atoms with Crippen LogP contribution in [0, 0.1) is 11.2 Å². The third-order valence-electron chi connectivity index (χ3n) is 8.20. The molecular formula is C26H33FN6S2. The number of nitrogens with zero attached hydrogens (tertiary/aromatic N) is 6. The minimum absolute atomic E-state index is 0.155. The van der Waals surface area contributed by atoms with Crippen LogP contribution in [0.5, 0.6) is 0 Å². The van der Waals surface area contributed by atoms with Crippen molar-refractivity contribution in [2.24, 2.45) is 5.41 Å². The Bertz CT molecular complexity index is 1140. The zero-order chi connectivity index (χ0) is 24.0. The number of piperidine rings is 1. The van der Waals surface area contributed by atoms with Crippen molar-refractivity contribution in [3.63, 3.8) is 0 Å². The van der Waals surface area contributed by atoms with Gasteiger partial charge >= 0.3 is 0 Å². The molecule has 3 aliphatic rings. The number of halogens is 1. The number of imidazole rings is 1. The molecule has 0 amide bonds. The van der Waals surface area contributed by atoms with Crippen LogP contribution in [0.2, 0.25) is 0 Å². The minimum atomic E-state index is -0.188. The van der Waals surface area contributed by atoms with Crippen LogP contribution in [0.15, 0.2) is 47.2 Å². The maximum atomic E-state index is 13.4. The molecule has 0 bridgehead atoms. The zero-order valence-electron chi connectivity index (χ0n) is 20.4. The van der Waals surface area contributed by atoms with Gasteiger partial charge in [-0.1, -0.05) is 23.5 Å². The molecule has 2 atom stereocenters. The van der Waals surface area contributed by atoms with Gasteiger partial charge in [-0.2, -0.15) is 0 Å². The fraction of sp³-hybridized carbons (Fsp3) is 0.538. The normalized spacial score (nSPS) is 23.6. The average molecular weight is 513 g/mol. The van der Waals surface area contributed by atoms with Gasteiger partial charge in [0.05, 0.1) is 22.8 Å². The molecule has 4 heterocycles. The summed E-state index contributed by atoms with van der Waals surface area (Å²) in [6, 6.07) is 7.02. The molecule has 9 heteroatoms. The summed E-state index contributed by atoms with van der Waals surface area (Å²) in [7, 11) is 2.19. The topological polar surface area (TPSA) is 40.4 Å². The summed E-state index contributed by atoms with van der Waals surface area (Å²) in [6.07, 6.45) is 9.76. The number of hydrogen-bond acceptors (Lipinski definition) is 7. The smallest absolute Gasteiger partial charge is 0.186 e. The lowest BCUT2D eigenvalue weighted by molar-refractivity contribution is 0.265. The zero-order valence-corrected chi connectivity index (χ0v) is 22.1. The lowest BCUT2D eigenvalue weighted by Crippen LogP contribution is -2.44. The van der Waals surface area contributed by atoms with Crippen LogP contribution in [0.4, 0.5) is 9.52 Å². The number of benzene rings is 1. The lowest BCUT2D eigenvalue weighted by Gasteiger charge is -2.32. The van der Waals surface area contributed by atoms with Crippen molar-refractivity contribution in [2.45, 2.75) is 42.4 Å². The number of aromatic nitrogens is 3. The quantitative estimate of drug-likeness (QED) is 0.427. The molecule has 1 aliphatic carbocycles. The SMILES string of the molecule is CC(c1ccc(F)cc1)n1cncc1C1CC12CCN(Sc1cnc(N3CCN(C)CC3)s1)CC2. The van der Waals surface area contributed by atoms with Crippen molar-refractivity contribution in [1.82, 2.24) is 23.7 Å². The molecule has 2 saturated heterocycles. The van der Waals surface area contributed by atoms with Gasteiger partial charge in [-0.05, 0) is 68.3 Å². The first-order valence-electron chi connectivity index (χ1n) is 12.6. The van der Waals surface area contributed by atoms with Gasteiger partial charge in [0.2, 0.25) is 0 Å². The Kier molecular flexibility index (Phi) is 6.37. The summed E-state index contributed by atoms with van der Waals surface area (Å²) in [4.78, 5) is 14.0. The maximum absolute atomic E-state index is 13.4. The summed E-state index contributed by atoms with van der Waals surface area (Å²) < 4.78 is 19.5. The number of likely N-dealkylation sites (N-methyl/N-ethyl adjacent to an activating group) is 1. The van der Waals surface area contributed by atoms with E-state index in [9.17, 15) is 4.39 Å². The summed E-state index contributed by atoms with van der Waals surface area (Å²) in [6.45, 7) is 8.77. The van der Waals surface area contributed by atoms with Crippen molar-refractivity contribution in [2.75, 3.05) is 51.2 Å². The molecule has 1 aromatic carbocycles. The standard InChI is InChI=1S/C26H33FN6S2/c1-19(20-3-5-21(27)6-4-20)33-18-28-16-23(33)22-15-26(22)7-9-32(10-8-26)35-24-17-29-25(34-24)31-13-11-30(2)12-14-31/h3-6,16-19,22H,7-15H2,1-2H3. The van der Waals surface area contributed by atoms with Crippen molar-refractivity contribution < 1.29 is 4.39 Å². The summed E-state index contributed by atoms with van der Waals surface area (Å²) in [5.41, 5.74) is 2.87. The maximum Gasteiger partial charge on any atom is 0.186 e. The molecule has 2 aromatic heterocycles. The highest BCUT2D eigenvalue weighted by molar-refractivity contribution is 7.99. The highest BCUT2D eigenvalue weighted by Crippen LogP contribution is 2.65. The van der Waals surface area contributed by atoms with E-state index >= 15 is 0 Å². The minimum Gasteiger partial charge on any atom is -0.345 e. The molecule has 6 nitrogen and oxygen atoms in total. The molecular weight excluding hydrogens is 479 g/mol. The number of anilines is 1. The Morgan fingerprint density at radius 3 is 2.54 bits per heavy atom. The summed E-state index contributed by atoms with van der Waals surface area (Å²) in [5, 5.41) is 1.17. The fourth-order valence-corrected chi connectivity index (χ4v) is 7.83. The van der Waals surface area contributed by atoms with Crippen molar-refractivity contribution in [3.8, 4) is 0 Å². The molecule has 3 fully saturated rings. The van der Waals surface area contributed by atoms with E-state index in [1.807, 2.05) is 41.7 Å². The third-order valence-corrected chi connectivity index (χ3v) is 10.4. The van der Waals surface area contributed by atoms with Crippen LogP contribution in [0.1, 0.15) is 49.4 Å². The predicted molar refractivity (Wildman–Crippen MR) is 141 cm³/mol. The van der Waals surface area contributed by atoms with Crippen LogP contribution in [-0.2, 0) is 0 Å². The van der Waals surface area contributed by atoms with Crippen LogP contribution < -0.4 is 4.90 Å². The van der Waals surface area contributed by atoms with Gasteiger partial charge in [0.15, 0.2) is 5.13 Å². The van der Waals surface area contributed by atoms with E-state index in [2.05, 4.69) is 50.0 Å². The molecule has 186 valence electrons. The molecule has 3 aromatic rings. The van der Waals surface area contributed by atoms with E-state index in [4.69, 9.17) is 4.98 Å². The van der Waals surface area contributed by atoms with Gasteiger partial charge in [-0.15, -0.1) is 0 Å². The Balaban J connectivity index is 1.05. The van der Waals surface area contributed by atoms with Crippen molar-refractivity contribution in [1.29, 1.82) is 0 Å². The second-order valence-electron chi connectivity index (χ2n) is 10.3. The Morgan fingerprint density at radius 1 is 1.06 bits per heavy atom. The molecule has 2 aliphatic heterocycles. The van der Waals surface area contributed by atoms with Crippen LogP contribution in [0.3, 0.4) is 0 Å². The molecule has 35 heavy (non-hydrogen) atoms. The van der Waals surface area contributed by atoms with E-state index in [1.165, 1.54) is 34.3 Å². The number of hydrogen-bond donors (Lipinski definition) is 0. The fourth-order valence-electron chi connectivity index (χ4n) is 5.72. The van der Waals surface area contributed by atoms with Crippen LogP contribution in [0.25, 0.3) is 0 Å². The Hall–Kier alpha value is -1.94. The summed E-state index contributed by atoms with van der Waals surface area (Å²) >= 11 is 3.72. The Labute approximate surface area is 215 Å². The first-order chi connectivity index (χ1) is 17.0. The molecule has 0 N–H and O–H groups in total. The van der Waals surface area contributed by atoms with Gasteiger partial charge in [0.25, 0.3) is 0 Å². The van der Waals surface area contributed by atoms with E-state index < -0.39 is 0 Å². The van der Waals surface area contributed by atoms with E-state index in [0.717, 1.165) is 44.8 Å². The molecule has 2 unspecified atom stereocenters. The predicted octanol–water partition coefficient (Wildman–Crippen LogP) is 5.12. The largest absolute Gasteiger partial charge is 0.345 e. The van der Waals surface area contributed by atoms with Crippen molar-refractivity contribution >= 4 is 28.4 Å². The highest BCUT2D eigenvalue weighted by atomic mass is 32.2. The lowest BCUT2D eigenvalue weighted by atomic mass is 9.91. The summed E-state index contributed by atoms with van der Waals surface area (Å²) in [5.74, 6) is 0.388. The van der Waals surface area contributed by atoms with E-state index in [-0.39, 0.29) is 11.9 Å². The van der Waals surface area contributed by atoms with Gasteiger partial charge < -0.3 is 14.4 Å². The van der Waals surface area contributed by atoms with Gasteiger partial charge in [-0.3, -0.25) is 0 Å². The molecule has 1 spiro atoms. The third kappa shape index (κ3) is 4.75. The van der Waals surface area contributed by atoms with Gasteiger partial charge in [0, 0.05) is 57.1 Å². The van der Waals surface area contributed by atoms with Gasteiger partial charge in [-0.25, -0.2) is 18.7 Å². The Morgan fingerprint density at radius 2 is 1.80 bits per heavy atom. The van der Waals surface area contributed by atoms with Crippen molar-refractivity contribution in [3.05, 3.63) is 60.1 Å². The second-order valence-corrected chi connectivity index (χ2v) is 12.8. The molecule has 1 saturated carbocycles. The number of thiazole rings is 1. The molecule has 6 rings (SSSR count). The first-order valence-corrected chi connectivity index (χ1v) is 14.2. The second kappa shape index (κ2) is 9.50. The molecule has 0 radical (unpaired) electrons. The average Bonchev–Trinajstić information content (AvgIpc) is 3.20. The van der Waals surface area contributed by atoms with Gasteiger partial charge in [0.1, 0.15) is 5.82 Å². The first kappa shape index (κ1) is 23.5. The van der Waals surface area contributed by atoms with Crippen LogP contribution in [-0.4, -0.2) is 70.1 Å². The van der Waals surface area contributed by atoms with E-state index in [1.54, 1.807) is 12.1 Å². The van der Waals surface area contributed by atoms with E-state index in [0.29, 0.717) is 11.3 Å².